The fourth-order valence-corrected chi connectivity index (χ4v) is 2.70. The summed E-state index contributed by atoms with van der Waals surface area (Å²) in [6, 6.07) is 18.1. The van der Waals surface area contributed by atoms with E-state index in [4.69, 9.17) is 9.47 Å². The highest BCUT2D eigenvalue weighted by molar-refractivity contribution is 5.39. The van der Waals surface area contributed by atoms with Crippen molar-refractivity contribution in [3.05, 3.63) is 60.2 Å². The van der Waals surface area contributed by atoms with Crippen molar-refractivity contribution in [2.75, 3.05) is 19.7 Å². The van der Waals surface area contributed by atoms with E-state index in [1.807, 2.05) is 42.5 Å². The molecule has 3 nitrogen and oxygen atoms in total. The van der Waals surface area contributed by atoms with Crippen LogP contribution < -0.4 is 14.8 Å². The van der Waals surface area contributed by atoms with Crippen molar-refractivity contribution in [1.29, 1.82) is 0 Å². The van der Waals surface area contributed by atoms with Gasteiger partial charge in [0, 0.05) is 12.5 Å². The van der Waals surface area contributed by atoms with Crippen molar-refractivity contribution in [2.24, 2.45) is 5.92 Å². The fourth-order valence-electron chi connectivity index (χ4n) is 2.70. The molecule has 0 bridgehead atoms. The molecule has 0 saturated carbocycles. The Labute approximate surface area is 132 Å². The third-order valence-corrected chi connectivity index (χ3v) is 3.96. The van der Waals surface area contributed by atoms with Gasteiger partial charge in [-0.15, -0.1) is 0 Å². The third kappa shape index (κ3) is 4.25. The molecule has 0 aromatic heterocycles. The minimum absolute atomic E-state index is 0.562. The van der Waals surface area contributed by atoms with Crippen molar-refractivity contribution in [3.8, 4) is 11.5 Å². The topological polar surface area (TPSA) is 30.5 Å². The van der Waals surface area contributed by atoms with Gasteiger partial charge in [-0.1, -0.05) is 42.5 Å². The Morgan fingerprint density at radius 2 is 1.64 bits per heavy atom. The summed E-state index contributed by atoms with van der Waals surface area (Å²) in [4.78, 5) is 0. The predicted octanol–water partition coefficient (Wildman–Crippen LogP) is 3.64. The van der Waals surface area contributed by atoms with Crippen LogP contribution in [0.15, 0.2) is 54.6 Å². The normalized spacial score (nSPS) is 17.9. The van der Waals surface area contributed by atoms with E-state index in [1.165, 1.54) is 12.8 Å². The van der Waals surface area contributed by atoms with Gasteiger partial charge >= 0.3 is 0 Å². The van der Waals surface area contributed by atoms with Gasteiger partial charge in [-0.25, -0.2) is 0 Å². The molecule has 1 aliphatic rings. The highest BCUT2D eigenvalue weighted by atomic mass is 16.5. The minimum atomic E-state index is 0.562. The molecule has 3 heteroatoms. The van der Waals surface area contributed by atoms with Crippen molar-refractivity contribution in [1.82, 2.24) is 5.32 Å². The van der Waals surface area contributed by atoms with Crippen LogP contribution in [0.3, 0.4) is 0 Å². The van der Waals surface area contributed by atoms with Crippen LogP contribution in [-0.2, 0) is 6.61 Å². The quantitative estimate of drug-likeness (QED) is 0.883. The van der Waals surface area contributed by atoms with E-state index in [0.29, 0.717) is 12.5 Å². The van der Waals surface area contributed by atoms with Crippen molar-refractivity contribution >= 4 is 0 Å². The summed E-state index contributed by atoms with van der Waals surface area (Å²) in [5, 5.41) is 3.42. The molecule has 0 radical (unpaired) electrons. The smallest absolute Gasteiger partial charge is 0.161 e. The second-order valence-electron chi connectivity index (χ2n) is 5.74. The zero-order valence-corrected chi connectivity index (χ0v) is 12.8. The van der Waals surface area contributed by atoms with E-state index in [9.17, 15) is 0 Å². The Bertz CT molecular complexity index is 565. The summed E-state index contributed by atoms with van der Waals surface area (Å²) in [5.41, 5.74) is 1.16. The Hall–Kier alpha value is -2.00. The van der Waals surface area contributed by atoms with E-state index in [1.54, 1.807) is 0 Å². The molecule has 1 heterocycles. The summed E-state index contributed by atoms with van der Waals surface area (Å²) in [6.45, 7) is 3.49. The Morgan fingerprint density at radius 1 is 0.909 bits per heavy atom. The molecule has 1 aliphatic heterocycles. The zero-order chi connectivity index (χ0) is 15.0. The van der Waals surface area contributed by atoms with Gasteiger partial charge in [-0.05, 0) is 37.1 Å². The first-order valence-corrected chi connectivity index (χ1v) is 8.01. The predicted molar refractivity (Wildman–Crippen MR) is 88.3 cm³/mol. The highest BCUT2D eigenvalue weighted by Gasteiger charge is 2.14. The molecule has 0 spiro atoms. The van der Waals surface area contributed by atoms with E-state index in [2.05, 4.69) is 17.4 Å². The third-order valence-electron chi connectivity index (χ3n) is 3.96. The van der Waals surface area contributed by atoms with Gasteiger partial charge in [0.05, 0.1) is 6.61 Å². The molecule has 1 N–H and O–H groups in total. The number of hydrogen-bond donors (Lipinski definition) is 1. The first kappa shape index (κ1) is 14.9. The standard InChI is InChI=1S/C19H23NO2/c1-2-7-16(8-3-1)14-21-18-10-4-5-11-19(18)22-15-17-9-6-12-20-13-17/h1-5,7-8,10-11,17,20H,6,9,12-15H2. The maximum Gasteiger partial charge on any atom is 0.161 e. The first-order valence-electron chi connectivity index (χ1n) is 8.01. The molecule has 0 aliphatic carbocycles. The number of piperidine rings is 1. The van der Waals surface area contributed by atoms with Gasteiger partial charge in [-0.3, -0.25) is 0 Å². The van der Waals surface area contributed by atoms with Crippen LogP contribution in [-0.4, -0.2) is 19.7 Å². The van der Waals surface area contributed by atoms with Gasteiger partial charge in [0.1, 0.15) is 6.61 Å². The number of rotatable bonds is 6. The van der Waals surface area contributed by atoms with Crippen LogP contribution >= 0.6 is 0 Å². The van der Waals surface area contributed by atoms with Crippen LogP contribution in [0.1, 0.15) is 18.4 Å². The fraction of sp³-hybridized carbons (Fsp3) is 0.368. The molecule has 0 amide bonds. The zero-order valence-electron chi connectivity index (χ0n) is 12.8. The summed E-state index contributed by atoms with van der Waals surface area (Å²) >= 11 is 0. The maximum absolute atomic E-state index is 6.00. The molecular formula is C19H23NO2. The molecule has 1 fully saturated rings. The van der Waals surface area contributed by atoms with Crippen LogP contribution in [0.2, 0.25) is 0 Å². The van der Waals surface area contributed by atoms with Crippen LogP contribution in [0.25, 0.3) is 0 Å². The van der Waals surface area contributed by atoms with E-state index in [-0.39, 0.29) is 0 Å². The minimum Gasteiger partial charge on any atom is -0.489 e. The monoisotopic (exact) mass is 297 g/mol. The SMILES string of the molecule is c1ccc(COc2ccccc2OCC2CCCNC2)cc1. The summed E-state index contributed by atoms with van der Waals surface area (Å²) in [5.74, 6) is 2.25. The molecule has 2 aromatic rings. The van der Waals surface area contributed by atoms with Crippen LogP contribution in [0, 0.1) is 5.92 Å². The number of benzene rings is 2. The van der Waals surface area contributed by atoms with E-state index < -0.39 is 0 Å². The second-order valence-corrected chi connectivity index (χ2v) is 5.74. The van der Waals surface area contributed by atoms with Crippen molar-refractivity contribution in [2.45, 2.75) is 19.4 Å². The number of nitrogens with one attached hydrogen (secondary N) is 1. The Balaban J connectivity index is 1.57. The lowest BCUT2D eigenvalue weighted by Crippen LogP contribution is -2.33. The van der Waals surface area contributed by atoms with E-state index in [0.717, 1.165) is 36.8 Å². The average Bonchev–Trinajstić information content (AvgIpc) is 2.61. The van der Waals surface area contributed by atoms with Gasteiger partial charge < -0.3 is 14.8 Å². The lowest BCUT2D eigenvalue weighted by atomic mass is 10.0. The molecule has 116 valence electrons. The Morgan fingerprint density at radius 3 is 2.36 bits per heavy atom. The molecule has 22 heavy (non-hydrogen) atoms. The second kappa shape index (κ2) is 7.85. The summed E-state index contributed by atoms with van der Waals surface area (Å²) in [6.07, 6.45) is 2.47. The van der Waals surface area contributed by atoms with Crippen LogP contribution in [0.5, 0.6) is 11.5 Å². The van der Waals surface area contributed by atoms with Gasteiger partial charge in [0.15, 0.2) is 11.5 Å². The largest absolute Gasteiger partial charge is 0.489 e. The summed E-state index contributed by atoms with van der Waals surface area (Å²) in [7, 11) is 0. The highest BCUT2D eigenvalue weighted by Crippen LogP contribution is 2.28. The molecule has 1 atom stereocenters. The van der Waals surface area contributed by atoms with Crippen molar-refractivity contribution in [3.63, 3.8) is 0 Å². The van der Waals surface area contributed by atoms with E-state index >= 15 is 0 Å². The molecule has 1 unspecified atom stereocenters. The molecule has 1 saturated heterocycles. The van der Waals surface area contributed by atoms with Gasteiger partial charge in [-0.2, -0.15) is 0 Å². The maximum atomic E-state index is 6.00. The molecular weight excluding hydrogens is 274 g/mol. The number of ether oxygens (including phenoxy) is 2. The number of hydrogen-bond acceptors (Lipinski definition) is 3. The number of para-hydroxylation sites is 2. The van der Waals surface area contributed by atoms with Crippen LogP contribution in [0.4, 0.5) is 0 Å². The summed E-state index contributed by atoms with van der Waals surface area (Å²) < 4.78 is 11.9. The lowest BCUT2D eigenvalue weighted by molar-refractivity contribution is 0.204. The van der Waals surface area contributed by atoms with Gasteiger partial charge in [0.25, 0.3) is 0 Å². The van der Waals surface area contributed by atoms with Crippen molar-refractivity contribution < 1.29 is 9.47 Å². The molecule has 2 aromatic carbocycles. The molecule has 3 rings (SSSR count). The first-order chi connectivity index (χ1) is 10.9. The Kier molecular flexibility index (Phi) is 5.32. The lowest BCUT2D eigenvalue weighted by Gasteiger charge is -2.23. The van der Waals surface area contributed by atoms with Gasteiger partial charge in [0.2, 0.25) is 0 Å². The average molecular weight is 297 g/mol.